The first-order valence-electron chi connectivity index (χ1n) is 4.88. The highest BCUT2D eigenvalue weighted by atomic mass is 16.5. The van der Waals surface area contributed by atoms with Crippen LogP contribution in [0.5, 0.6) is 0 Å². The van der Waals surface area contributed by atoms with Crippen LogP contribution in [0, 0.1) is 5.41 Å². The van der Waals surface area contributed by atoms with Crippen LogP contribution in [-0.4, -0.2) is 5.97 Å². The fraction of sp³-hybridized carbons (Fsp3) is 0.308. The van der Waals surface area contributed by atoms with Gasteiger partial charge in [-0.2, -0.15) is 0 Å². The second-order valence-electron chi connectivity index (χ2n) is 4.43. The lowest BCUT2D eigenvalue weighted by molar-refractivity contribution is -0.145. The fourth-order valence-electron chi connectivity index (χ4n) is 0.948. The normalized spacial score (nSPS) is 10.9. The van der Waals surface area contributed by atoms with Gasteiger partial charge in [0, 0.05) is 5.56 Å². The summed E-state index contributed by atoms with van der Waals surface area (Å²) in [7, 11) is 0. The Morgan fingerprint density at radius 2 is 1.73 bits per heavy atom. The van der Waals surface area contributed by atoms with Crippen molar-refractivity contribution in [2.24, 2.45) is 5.41 Å². The third kappa shape index (κ3) is 3.24. The van der Waals surface area contributed by atoms with Gasteiger partial charge >= 0.3 is 5.97 Å². The molecule has 0 fully saturated rings. The SMILES string of the molecule is C=C(OC(=O)C(C)(C)C)c1ccccc1. The molecule has 1 aromatic carbocycles. The largest absolute Gasteiger partial charge is 0.426 e. The molecule has 0 aliphatic carbocycles. The number of rotatable bonds is 2. The van der Waals surface area contributed by atoms with E-state index in [0.29, 0.717) is 5.76 Å². The molecule has 0 heterocycles. The van der Waals surface area contributed by atoms with Gasteiger partial charge in [-0.3, -0.25) is 4.79 Å². The average Bonchev–Trinajstić information content (AvgIpc) is 2.17. The van der Waals surface area contributed by atoms with E-state index in [1.165, 1.54) is 0 Å². The van der Waals surface area contributed by atoms with Crippen molar-refractivity contribution >= 4 is 11.7 Å². The van der Waals surface area contributed by atoms with Gasteiger partial charge in [-0.05, 0) is 20.8 Å². The molecule has 0 spiro atoms. The van der Waals surface area contributed by atoms with Gasteiger partial charge in [0.25, 0.3) is 0 Å². The topological polar surface area (TPSA) is 26.3 Å². The number of ether oxygens (including phenoxy) is 1. The molecule has 80 valence electrons. The average molecular weight is 204 g/mol. The molecular formula is C13H16O2. The van der Waals surface area contributed by atoms with E-state index in [0.717, 1.165) is 5.56 Å². The Labute approximate surface area is 90.6 Å². The van der Waals surface area contributed by atoms with Crippen LogP contribution in [0.25, 0.3) is 5.76 Å². The van der Waals surface area contributed by atoms with Crippen LogP contribution in [0.1, 0.15) is 26.3 Å². The van der Waals surface area contributed by atoms with Crippen LogP contribution in [-0.2, 0) is 9.53 Å². The molecule has 15 heavy (non-hydrogen) atoms. The first-order chi connectivity index (χ1) is 6.91. The Bertz CT molecular complexity index is 358. The molecule has 0 amide bonds. The molecule has 0 bridgehead atoms. The van der Waals surface area contributed by atoms with Gasteiger partial charge in [0.2, 0.25) is 0 Å². The lowest BCUT2D eigenvalue weighted by Crippen LogP contribution is -2.22. The number of hydrogen-bond acceptors (Lipinski definition) is 2. The second kappa shape index (κ2) is 4.30. The van der Waals surface area contributed by atoms with Crippen molar-refractivity contribution in [2.45, 2.75) is 20.8 Å². The van der Waals surface area contributed by atoms with Crippen molar-refractivity contribution in [1.82, 2.24) is 0 Å². The van der Waals surface area contributed by atoms with Gasteiger partial charge in [0.15, 0.2) is 0 Å². The van der Waals surface area contributed by atoms with E-state index in [4.69, 9.17) is 4.74 Å². The fourth-order valence-corrected chi connectivity index (χ4v) is 0.948. The quantitative estimate of drug-likeness (QED) is 0.546. The van der Waals surface area contributed by atoms with Crippen molar-refractivity contribution in [3.05, 3.63) is 42.5 Å². The summed E-state index contributed by atoms with van der Waals surface area (Å²) in [6, 6.07) is 9.38. The molecule has 0 saturated carbocycles. The molecule has 0 saturated heterocycles. The van der Waals surface area contributed by atoms with Gasteiger partial charge in [0.05, 0.1) is 5.41 Å². The van der Waals surface area contributed by atoms with Crippen LogP contribution >= 0.6 is 0 Å². The van der Waals surface area contributed by atoms with Crippen molar-refractivity contribution in [1.29, 1.82) is 0 Å². The molecule has 2 heteroatoms. The highest BCUT2D eigenvalue weighted by molar-refractivity contribution is 5.81. The van der Waals surface area contributed by atoms with E-state index in [-0.39, 0.29) is 5.97 Å². The van der Waals surface area contributed by atoms with E-state index in [2.05, 4.69) is 6.58 Å². The van der Waals surface area contributed by atoms with Crippen LogP contribution in [0.15, 0.2) is 36.9 Å². The summed E-state index contributed by atoms with van der Waals surface area (Å²) in [6.07, 6.45) is 0. The summed E-state index contributed by atoms with van der Waals surface area (Å²) < 4.78 is 5.17. The molecule has 1 aromatic rings. The third-order valence-corrected chi connectivity index (χ3v) is 1.92. The minimum absolute atomic E-state index is 0.267. The van der Waals surface area contributed by atoms with E-state index in [9.17, 15) is 4.79 Å². The van der Waals surface area contributed by atoms with Gasteiger partial charge in [-0.1, -0.05) is 36.9 Å². The van der Waals surface area contributed by atoms with Gasteiger partial charge in [0.1, 0.15) is 5.76 Å². The molecule has 1 rings (SSSR count). The number of hydrogen-bond donors (Lipinski definition) is 0. The highest BCUT2D eigenvalue weighted by Crippen LogP contribution is 2.21. The lowest BCUT2D eigenvalue weighted by atomic mass is 9.97. The van der Waals surface area contributed by atoms with E-state index in [1.54, 1.807) is 0 Å². The second-order valence-corrected chi connectivity index (χ2v) is 4.43. The zero-order valence-electron chi connectivity index (χ0n) is 9.41. The Balaban J connectivity index is 2.70. The molecule has 0 radical (unpaired) electrons. The van der Waals surface area contributed by atoms with E-state index >= 15 is 0 Å². The van der Waals surface area contributed by atoms with Crippen LogP contribution in [0.2, 0.25) is 0 Å². The third-order valence-electron chi connectivity index (χ3n) is 1.92. The van der Waals surface area contributed by atoms with E-state index < -0.39 is 5.41 Å². The molecule has 2 nitrogen and oxygen atoms in total. The van der Waals surface area contributed by atoms with Crippen molar-refractivity contribution in [2.75, 3.05) is 0 Å². The first kappa shape index (κ1) is 11.5. The van der Waals surface area contributed by atoms with Crippen LogP contribution in [0.4, 0.5) is 0 Å². The number of carbonyl (C=O) groups excluding carboxylic acids is 1. The molecule has 0 N–H and O–H groups in total. The van der Waals surface area contributed by atoms with Crippen molar-refractivity contribution < 1.29 is 9.53 Å². The number of benzene rings is 1. The maximum atomic E-state index is 11.6. The zero-order valence-corrected chi connectivity index (χ0v) is 9.41. The summed E-state index contributed by atoms with van der Waals surface area (Å²) in [5.74, 6) is 0.131. The summed E-state index contributed by atoms with van der Waals surface area (Å²) >= 11 is 0. The standard InChI is InChI=1S/C13H16O2/c1-10(11-8-6-5-7-9-11)15-12(14)13(2,3)4/h5-9H,1H2,2-4H3. The monoisotopic (exact) mass is 204 g/mol. The molecule has 0 aromatic heterocycles. The Morgan fingerprint density at radius 1 is 1.20 bits per heavy atom. The number of esters is 1. The minimum Gasteiger partial charge on any atom is -0.426 e. The Hall–Kier alpha value is -1.57. The highest BCUT2D eigenvalue weighted by Gasteiger charge is 2.24. The van der Waals surface area contributed by atoms with Gasteiger partial charge < -0.3 is 4.74 Å². The Morgan fingerprint density at radius 3 is 2.20 bits per heavy atom. The molecule has 0 aliphatic rings. The number of carbonyl (C=O) groups is 1. The molecule has 0 aliphatic heterocycles. The lowest BCUT2D eigenvalue weighted by Gasteiger charge is -2.17. The predicted octanol–water partition coefficient (Wildman–Crippen LogP) is 3.25. The predicted molar refractivity (Wildman–Crippen MR) is 61.0 cm³/mol. The summed E-state index contributed by atoms with van der Waals surface area (Å²) in [5, 5.41) is 0. The smallest absolute Gasteiger partial charge is 0.316 e. The van der Waals surface area contributed by atoms with Crippen molar-refractivity contribution in [3.63, 3.8) is 0 Å². The maximum Gasteiger partial charge on any atom is 0.316 e. The molecular weight excluding hydrogens is 188 g/mol. The summed E-state index contributed by atoms with van der Waals surface area (Å²) in [5.41, 5.74) is 0.327. The minimum atomic E-state index is -0.502. The van der Waals surface area contributed by atoms with E-state index in [1.807, 2.05) is 51.1 Å². The van der Waals surface area contributed by atoms with Gasteiger partial charge in [-0.15, -0.1) is 0 Å². The first-order valence-corrected chi connectivity index (χ1v) is 4.88. The maximum absolute atomic E-state index is 11.6. The Kier molecular flexibility index (Phi) is 3.30. The van der Waals surface area contributed by atoms with Crippen molar-refractivity contribution in [3.8, 4) is 0 Å². The zero-order chi connectivity index (χ0) is 11.5. The van der Waals surface area contributed by atoms with Crippen LogP contribution in [0.3, 0.4) is 0 Å². The van der Waals surface area contributed by atoms with Crippen LogP contribution < -0.4 is 0 Å². The van der Waals surface area contributed by atoms with Gasteiger partial charge in [-0.25, -0.2) is 0 Å². The molecule has 0 atom stereocenters. The molecule has 0 unspecified atom stereocenters. The summed E-state index contributed by atoms with van der Waals surface area (Å²) in [6.45, 7) is 9.17. The summed E-state index contributed by atoms with van der Waals surface area (Å²) in [4.78, 5) is 11.6.